The van der Waals surface area contributed by atoms with Crippen LogP contribution in [0.1, 0.15) is 37.5 Å². The average Bonchev–Trinajstić information content (AvgIpc) is 2.92. The van der Waals surface area contributed by atoms with Gasteiger partial charge in [0.2, 0.25) is 0 Å². The SMILES string of the molecule is Cc1ccc(N2C(=O)c3cc(C)nc(SCc4ccccc4F)c3C2=O)cc1. The zero-order chi connectivity index (χ0) is 19.8. The quantitative estimate of drug-likeness (QED) is 0.467. The molecule has 1 aromatic heterocycles. The van der Waals surface area contributed by atoms with Crippen LogP contribution in [0.15, 0.2) is 59.6 Å². The van der Waals surface area contributed by atoms with Gasteiger partial charge in [0.1, 0.15) is 10.8 Å². The smallest absolute Gasteiger partial charge is 0.268 e. The summed E-state index contributed by atoms with van der Waals surface area (Å²) in [6, 6.07) is 15.4. The Kier molecular flexibility index (Phi) is 4.73. The van der Waals surface area contributed by atoms with Gasteiger partial charge < -0.3 is 0 Å². The fraction of sp³-hybridized carbons (Fsp3) is 0.136. The lowest BCUT2D eigenvalue weighted by molar-refractivity contribution is 0.0925. The Morgan fingerprint density at radius 2 is 1.71 bits per heavy atom. The van der Waals surface area contributed by atoms with E-state index in [0.29, 0.717) is 33.3 Å². The van der Waals surface area contributed by atoms with Gasteiger partial charge in [-0.2, -0.15) is 0 Å². The molecule has 2 amide bonds. The van der Waals surface area contributed by atoms with Crippen LogP contribution >= 0.6 is 11.8 Å². The summed E-state index contributed by atoms with van der Waals surface area (Å²) in [6.45, 7) is 3.72. The number of imide groups is 1. The molecule has 4 nitrogen and oxygen atoms in total. The number of hydrogen-bond donors (Lipinski definition) is 0. The van der Waals surface area contributed by atoms with E-state index in [0.717, 1.165) is 5.56 Å². The average molecular weight is 392 g/mol. The zero-order valence-corrected chi connectivity index (χ0v) is 16.2. The van der Waals surface area contributed by atoms with Crippen LogP contribution in [-0.2, 0) is 5.75 Å². The van der Waals surface area contributed by atoms with Crippen molar-refractivity contribution in [3.63, 3.8) is 0 Å². The molecule has 0 radical (unpaired) electrons. The Hall–Kier alpha value is -2.99. The van der Waals surface area contributed by atoms with Crippen molar-refractivity contribution in [3.05, 3.63) is 88.4 Å². The number of aromatic nitrogens is 1. The normalized spacial score (nSPS) is 13.2. The number of pyridine rings is 1. The zero-order valence-electron chi connectivity index (χ0n) is 15.4. The molecule has 0 saturated carbocycles. The maximum Gasteiger partial charge on any atom is 0.268 e. The molecular formula is C22H17FN2O2S. The molecule has 0 spiro atoms. The molecule has 2 heterocycles. The van der Waals surface area contributed by atoms with Crippen molar-refractivity contribution < 1.29 is 14.0 Å². The van der Waals surface area contributed by atoms with Crippen molar-refractivity contribution in [1.82, 2.24) is 4.98 Å². The highest BCUT2D eigenvalue weighted by Crippen LogP contribution is 2.35. The highest BCUT2D eigenvalue weighted by molar-refractivity contribution is 7.98. The first kappa shape index (κ1) is 18.4. The minimum Gasteiger partial charge on any atom is -0.268 e. The van der Waals surface area contributed by atoms with Crippen LogP contribution in [-0.4, -0.2) is 16.8 Å². The molecule has 28 heavy (non-hydrogen) atoms. The summed E-state index contributed by atoms with van der Waals surface area (Å²) in [5.41, 5.74) is 3.36. The molecule has 4 rings (SSSR count). The van der Waals surface area contributed by atoms with Gasteiger partial charge >= 0.3 is 0 Å². The van der Waals surface area contributed by atoms with Gasteiger partial charge in [-0.05, 0) is 43.7 Å². The monoisotopic (exact) mass is 392 g/mol. The number of amides is 2. The topological polar surface area (TPSA) is 50.3 Å². The number of hydrogen-bond acceptors (Lipinski definition) is 4. The molecule has 0 atom stereocenters. The Morgan fingerprint density at radius 3 is 2.43 bits per heavy atom. The first-order valence-electron chi connectivity index (χ1n) is 8.79. The first-order valence-corrected chi connectivity index (χ1v) is 9.77. The standard InChI is InChI=1S/C22H17FN2O2S/c1-13-7-9-16(10-8-13)25-21(26)17-11-14(2)24-20(19(17)22(25)27)28-12-15-5-3-4-6-18(15)23/h3-11H,12H2,1-2H3. The van der Waals surface area contributed by atoms with Gasteiger partial charge in [-0.3, -0.25) is 9.59 Å². The first-order chi connectivity index (χ1) is 13.5. The van der Waals surface area contributed by atoms with Crippen LogP contribution in [0.2, 0.25) is 0 Å². The highest BCUT2D eigenvalue weighted by atomic mass is 32.2. The van der Waals surface area contributed by atoms with Crippen molar-refractivity contribution >= 4 is 29.3 Å². The summed E-state index contributed by atoms with van der Waals surface area (Å²) in [5, 5.41) is 0.450. The van der Waals surface area contributed by atoms with Crippen molar-refractivity contribution in [2.75, 3.05) is 4.90 Å². The predicted octanol–water partition coefficient (Wildman–Crippen LogP) is 4.93. The Balaban J connectivity index is 1.71. The Bertz CT molecular complexity index is 1100. The van der Waals surface area contributed by atoms with E-state index < -0.39 is 5.91 Å². The third-order valence-corrected chi connectivity index (χ3v) is 5.60. The molecule has 0 aliphatic carbocycles. The predicted molar refractivity (Wildman–Crippen MR) is 107 cm³/mol. The number of fused-ring (bicyclic) bond motifs is 1. The molecule has 140 valence electrons. The van der Waals surface area contributed by atoms with Crippen LogP contribution in [0, 0.1) is 19.7 Å². The molecule has 0 N–H and O–H groups in total. The number of benzene rings is 2. The van der Waals surface area contributed by atoms with Crippen LogP contribution in [0.25, 0.3) is 0 Å². The molecule has 0 unspecified atom stereocenters. The van der Waals surface area contributed by atoms with Crippen molar-refractivity contribution in [2.45, 2.75) is 24.6 Å². The fourth-order valence-corrected chi connectivity index (χ4v) is 4.22. The number of halogens is 1. The lowest BCUT2D eigenvalue weighted by atomic mass is 10.1. The van der Waals surface area contributed by atoms with E-state index in [-0.39, 0.29) is 17.3 Å². The number of aryl methyl sites for hydroxylation is 2. The number of carbonyl (C=O) groups is 2. The van der Waals surface area contributed by atoms with Gasteiger partial charge in [-0.15, -0.1) is 11.8 Å². The highest BCUT2D eigenvalue weighted by Gasteiger charge is 2.39. The molecule has 1 aliphatic heterocycles. The van der Waals surface area contributed by atoms with Gasteiger partial charge in [0.15, 0.2) is 0 Å². The summed E-state index contributed by atoms with van der Waals surface area (Å²) in [5.74, 6) is -0.737. The van der Waals surface area contributed by atoms with E-state index >= 15 is 0 Å². The van der Waals surface area contributed by atoms with E-state index in [4.69, 9.17) is 0 Å². The van der Waals surface area contributed by atoms with Gasteiger partial charge in [0.25, 0.3) is 11.8 Å². The van der Waals surface area contributed by atoms with Crippen LogP contribution in [0.4, 0.5) is 10.1 Å². The molecule has 0 bridgehead atoms. The molecule has 6 heteroatoms. The second-order valence-corrected chi connectivity index (χ2v) is 7.62. The van der Waals surface area contributed by atoms with Gasteiger partial charge in [0.05, 0.1) is 16.8 Å². The van der Waals surface area contributed by atoms with Crippen LogP contribution < -0.4 is 4.90 Å². The van der Waals surface area contributed by atoms with E-state index in [1.165, 1.54) is 22.7 Å². The summed E-state index contributed by atoms with van der Waals surface area (Å²) < 4.78 is 13.9. The molecule has 2 aromatic carbocycles. The third kappa shape index (κ3) is 3.20. The third-order valence-electron chi connectivity index (χ3n) is 4.58. The number of carbonyl (C=O) groups excluding carboxylic acids is 2. The maximum absolute atomic E-state index is 13.9. The Morgan fingerprint density at radius 1 is 1.00 bits per heavy atom. The largest absolute Gasteiger partial charge is 0.268 e. The lowest BCUT2D eigenvalue weighted by Gasteiger charge is -2.14. The summed E-state index contributed by atoms with van der Waals surface area (Å²) >= 11 is 1.26. The number of thioether (sulfide) groups is 1. The number of nitrogens with zero attached hydrogens (tertiary/aromatic N) is 2. The van der Waals surface area contributed by atoms with Gasteiger partial charge in [-0.1, -0.05) is 35.9 Å². The molecule has 0 fully saturated rings. The van der Waals surface area contributed by atoms with Crippen LogP contribution in [0.5, 0.6) is 0 Å². The second-order valence-electron chi connectivity index (χ2n) is 6.65. The van der Waals surface area contributed by atoms with E-state index in [1.807, 2.05) is 19.1 Å². The molecule has 3 aromatic rings. The molecule has 1 aliphatic rings. The van der Waals surface area contributed by atoms with E-state index in [1.54, 1.807) is 43.3 Å². The minimum absolute atomic E-state index is 0.289. The van der Waals surface area contributed by atoms with Gasteiger partial charge in [-0.25, -0.2) is 14.3 Å². The lowest BCUT2D eigenvalue weighted by Crippen LogP contribution is -2.29. The summed E-state index contributed by atoms with van der Waals surface area (Å²) in [4.78, 5) is 31.7. The number of anilines is 1. The second kappa shape index (κ2) is 7.20. The summed E-state index contributed by atoms with van der Waals surface area (Å²) in [7, 11) is 0. The van der Waals surface area contributed by atoms with Crippen LogP contribution in [0.3, 0.4) is 0 Å². The summed E-state index contributed by atoms with van der Waals surface area (Å²) in [6.07, 6.45) is 0. The van der Waals surface area contributed by atoms with Gasteiger partial charge in [0, 0.05) is 11.4 Å². The maximum atomic E-state index is 13.9. The fourth-order valence-electron chi connectivity index (χ4n) is 3.14. The van der Waals surface area contributed by atoms with Crippen molar-refractivity contribution in [1.29, 1.82) is 0 Å². The number of rotatable bonds is 4. The molecule has 0 saturated heterocycles. The van der Waals surface area contributed by atoms with Crippen molar-refractivity contribution in [3.8, 4) is 0 Å². The Labute approximate surface area is 166 Å². The minimum atomic E-state index is -0.396. The molecular weight excluding hydrogens is 375 g/mol. The van der Waals surface area contributed by atoms with Crippen molar-refractivity contribution in [2.24, 2.45) is 0 Å². The van der Waals surface area contributed by atoms with E-state index in [9.17, 15) is 14.0 Å². The van der Waals surface area contributed by atoms with E-state index in [2.05, 4.69) is 4.98 Å².